The summed E-state index contributed by atoms with van der Waals surface area (Å²) in [5.41, 5.74) is 0. The summed E-state index contributed by atoms with van der Waals surface area (Å²) in [5, 5.41) is 0. The van der Waals surface area contributed by atoms with Gasteiger partial charge in [0.1, 0.15) is 9.28 Å². The van der Waals surface area contributed by atoms with Crippen LogP contribution < -0.4 is 0 Å². The van der Waals surface area contributed by atoms with Crippen molar-refractivity contribution >= 4 is 39.7 Å². The normalized spacial score (nSPS) is 16.1. The second-order valence-corrected chi connectivity index (χ2v) is 46.6. The zero-order valence-corrected chi connectivity index (χ0v) is 18.0. The maximum Gasteiger partial charge on any atom is 0.282 e. The standard InChI is InChI=1S/C9H30O2Si5/c1-13(2,3)12-11-16(10,14(4,5)6)15(7,8)9/h10H,12H2,1-9H3. The van der Waals surface area contributed by atoms with Crippen LogP contribution in [0.4, 0.5) is 0 Å². The Morgan fingerprint density at radius 1 is 0.750 bits per heavy atom. The molecule has 0 aliphatic heterocycles. The van der Waals surface area contributed by atoms with Gasteiger partial charge in [0, 0.05) is 0 Å². The molecular weight excluding hydrogens is 281 g/mol. The van der Waals surface area contributed by atoms with E-state index in [1.54, 1.807) is 0 Å². The molecule has 0 fully saturated rings. The van der Waals surface area contributed by atoms with Crippen molar-refractivity contribution in [3.63, 3.8) is 0 Å². The summed E-state index contributed by atoms with van der Waals surface area (Å²) in [4.78, 5) is 11.1. The Bertz CT molecular complexity index is 222. The Labute approximate surface area is 107 Å². The second-order valence-electron chi connectivity index (χ2n) is 7.99. The molecule has 0 radical (unpaired) electrons. The van der Waals surface area contributed by atoms with E-state index in [1.165, 1.54) is 0 Å². The van der Waals surface area contributed by atoms with E-state index < -0.39 is 39.7 Å². The molecule has 16 heavy (non-hydrogen) atoms. The van der Waals surface area contributed by atoms with Crippen LogP contribution in [0, 0.1) is 0 Å². The highest BCUT2D eigenvalue weighted by molar-refractivity contribution is 7.64. The molecular formula is C9H30O2Si5. The third-order valence-electron chi connectivity index (χ3n) is 2.75. The second kappa shape index (κ2) is 4.94. The summed E-state index contributed by atoms with van der Waals surface area (Å²) in [6.07, 6.45) is 0. The van der Waals surface area contributed by atoms with Gasteiger partial charge in [0.25, 0.3) is 7.60 Å². The smallest absolute Gasteiger partial charge is 0.282 e. The number of hydrogen-bond acceptors (Lipinski definition) is 2. The molecule has 0 saturated carbocycles. The number of hydrogen-bond donors (Lipinski definition) is 1. The third-order valence-corrected chi connectivity index (χ3v) is 42.1. The maximum absolute atomic E-state index is 11.1. The Morgan fingerprint density at radius 3 is 1.25 bits per heavy atom. The predicted octanol–water partition coefficient (Wildman–Crippen LogP) is 2.19. The van der Waals surface area contributed by atoms with Gasteiger partial charge in [-0.2, -0.15) is 0 Å². The monoisotopic (exact) mass is 310 g/mol. The highest BCUT2D eigenvalue weighted by atomic mass is 29.7. The fourth-order valence-corrected chi connectivity index (χ4v) is 54.6. The molecule has 0 atom stereocenters. The fraction of sp³-hybridized carbons (Fsp3) is 1.00. The molecule has 1 N–H and O–H groups in total. The van der Waals surface area contributed by atoms with Crippen molar-refractivity contribution in [1.82, 2.24) is 0 Å². The molecule has 0 saturated heterocycles. The van der Waals surface area contributed by atoms with E-state index in [9.17, 15) is 4.80 Å². The first-order chi connectivity index (χ1) is 6.71. The number of rotatable bonds is 5. The molecule has 7 heteroatoms. The summed E-state index contributed by atoms with van der Waals surface area (Å²) in [6.45, 7) is 20.8. The van der Waals surface area contributed by atoms with Crippen molar-refractivity contribution in [3.05, 3.63) is 0 Å². The van der Waals surface area contributed by atoms with Crippen LogP contribution in [0.2, 0.25) is 58.9 Å². The molecule has 2 nitrogen and oxygen atoms in total. The third kappa shape index (κ3) is 4.35. The van der Waals surface area contributed by atoms with Crippen molar-refractivity contribution in [1.29, 1.82) is 0 Å². The van der Waals surface area contributed by atoms with Crippen molar-refractivity contribution < 1.29 is 8.91 Å². The highest BCUT2D eigenvalue weighted by Gasteiger charge is 2.56. The van der Waals surface area contributed by atoms with E-state index in [4.69, 9.17) is 4.12 Å². The first-order valence-electron chi connectivity index (χ1n) is 6.07. The van der Waals surface area contributed by atoms with Gasteiger partial charge in [0.05, 0.1) is 22.8 Å². The van der Waals surface area contributed by atoms with Gasteiger partial charge < -0.3 is 8.91 Å². The SMILES string of the molecule is C[Si](C)(C)[SiH2]O[Si](O)([Si](C)(C)C)[Si](C)(C)C. The summed E-state index contributed by atoms with van der Waals surface area (Å²) in [5.74, 6) is 0. The summed E-state index contributed by atoms with van der Waals surface area (Å²) >= 11 is 0. The molecule has 0 unspecified atom stereocenters. The Balaban J connectivity index is 5.00. The Morgan fingerprint density at radius 2 is 1.06 bits per heavy atom. The van der Waals surface area contributed by atoms with Gasteiger partial charge in [-0.1, -0.05) is 58.9 Å². The van der Waals surface area contributed by atoms with Crippen LogP contribution in [-0.2, 0) is 4.12 Å². The molecule has 0 spiro atoms. The minimum absolute atomic E-state index is 0.494. The minimum atomic E-state index is -2.39. The topological polar surface area (TPSA) is 29.5 Å². The lowest BCUT2D eigenvalue weighted by Gasteiger charge is -2.45. The van der Waals surface area contributed by atoms with Gasteiger partial charge in [-0.15, -0.1) is 0 Å². The van der Waals surface area contributed by atoms with Crippen molar-refractivity contribution in [2.45, 2.75) is 58.9 Å². The zero-order chi connectivity index (χ0) is 13.4. The van der Waals surface area contributed by atoms with Gasteiger partial charge in [0.2, 0.25) is 0 Å². The molecule has 98 valence electrons. The van der Waals surface area contributed by atoms with Crippen LogP contribution in [0.15, 0.2) is 0 Å². The summed E-state index contributed by atoms with van der Waals surface area (Å²) < 4.78 is 6.34. The summed E-state index contributed by atoms with van der Waals surface area (Å²) in [7, 11) is -7.08. The van der Waals surface area contributed by atoms with E-state index in [-0.39, 0.29) is 0 Å². The maximum atomic E-state index is 11.1. The van der Waals surface area contributed by atoms with Gasteiger partial charge in [0.15, 0.2) is 0 Å². The van der Waals surface area contributed by atoms with Crippen LogP contribution >= 0.6 is 0 Å². The molecule has 0 aromatic rings. The molecule has 0 heterocycles. The lowest BCUT2D eigenvalue weighted by atomic mass is 11.8. The van der Waals surface area contributed by atoms with Crippen LogP contribution in [0.1, 0.15) is 0 Å². The van der Waals surface area contributed by atoms with Crippen LogP contribution in [0.5, 0.6) is 0 Å². The molecule has 0 aliphatic carbocycles. The van der Waals surface area contributed by atoms with Crippen LogP contribution in [0.3, 0.4) is 0 Å². The zero-order valence-electron chi connectivity index (χ0n) is 12.6. The fourth-order valence-electron chi connectivity index (χ4n) is 1.88. The summed E-state index contributed by atoms with van der Waals surface area (Å²) in [6, 6.07) is 0. The van der Waals surface area contributed by atoms with Gasteiger partial charge in [-0.3, -0.25) is 0 Å². The quantitative estimate of drug-likeness (QED) is 0.789. The van der Waals surface area contributed by atoms with E-state index in [0.717, 1.165) is 0 Å². The largest absolute Gasteiger partial charge is 0.449 e. The highest BCUT2D eigenvalue weighted by Crippen LogP contribution is 2.27. The molecule has 0 rings (SSSR count). The first kappa shape index (κ1) is 17.0. The van der Waals surface area contributed by atoms with Gasteiger partial charge in [-0.25, -0.2) is 0 Å². The van der Waals surface area contributed by atoms with Gasteiger partial charge in [-0.05, 0) is 0 Å². The van der Waals surface area contributed by atoms with Crippen molar-refractivity contribution in [2.75, 3.05) is 0 Å². The molecule has 0 amide bonds. The lowest BCUT2D eigenvalue weighted by Crippen LogP contribution is -2.75. The van der Waals surface area contributed by atoms with E-state index >= 15 is 0 Å². The molecule has 0 aromatic carbocycles. The predicted molar refractivity (Wildman–Crippen MR) is 87.6 cm³/mol. The van der Waals surface area contributed by atoms with Gasteiger partial charge >= 0.3 is 0 Å². The minimum Gasteiger partial charge on any atom is -0.449 e. The average molecular weight is 311 g/mol. The van der Waals surface area contributed by atoms with E-state index in [0.29, 0.717) is 0 Å². The lowest BCUT2D eigenvalue weighted by molar-refractivity contribution is 0.439. The molecule has 0 bridgehead atoms. The average Bonchev–Trinajstić information content (AvgIpc) is 1.93. The van der Waals surface area contributed by atoms with E-state index in [2.05, 4.69) is 58.9 Å². The Kier molecular flexibility index (Phi) is 5.25. The molecule has 0 aromatic heterocycles. The van der Waals surface area contributed by atoms with Crippen molar-refractivity contribution in [2.24, 2.45) is 0 Å². The van der Waals surface area contributed by atoms with Crippen LogP contribution in [-0.4, -0.2) is 44.4 Å². The Hall–Kier alpha value is 1.00. The first-order valence-corrected chi connectivity index (χ1v) is 23.3. The molecule has 0 aliphatic rings. The van der Waals surface area contributed by atoms with Crippen LogP contribution in [0.25, 0.3) is 0 Å². The van der Waals surface area contributed by atoms with Crippen molar-refractivity contribution in [3.8, 4) is 0 Å². The van der Waals surface area contributed by atoms with E-state index in [1.807, 2.05) is 0 Å².